The third-order valence-corrected chi connectivity index (χ3v) is 14.8. The van der Waals surface area contributed by atoms with Crippen molar-refractivity contribution in [2.24, 2.45) is 5.92 Å². The first-order valence-electron chi connectivity index (χ1n) is 31.9. The fourth-order valence-electron chi connectivity index (χ4n) is 9.99. The number of hydrogen-bond donors (Lipinski definition) is 0. The van der Waals surface area contributed by atoms with Crippen LogP contribution in [0.25, 0.3) is 0 Å². The van der Waals surface area contributed by atoms with Crippen molar-refractivity contribution in [2.75, 3.05) is 13.2 Å². The van der Waals surface area contributed by atoms with E-state index in [2.05, 4.69) is 27.7 Å². The molecule has 0 aliphatic carbocycles. The monoisotopic (exact) mass is 989 g/mol. The predicted octanol–water partition coefficient (Wildman–Crippen LogP) is 21.4. The molecule has 0 unspecified atom stereocenters. The van der Waals surface area contributed by atoms with Gasteiger partial charge >= 0.3 is 17.9 Å². The number of esters is 3. The summed E-state index contributed by atoms with van der Waals surface area (Å²) in [5.74, 6) is 0.0174. The molecule has 0 saturated heterocycles. The van der Waals surface area contributed by atoms with E-state index in [1.165, 1.54) is 263 Å². The molecule has 0 saturated carbocycles. The van der Waals surface area contributed by atoms with Gasteiger partial charge in [0.05, 0.1) is 0 Å². The summed E-state index contributed by atoms with van der Waals surface area (Å²) in [5.41, 5.74) is 0. The van der Waals surface area contributed by atoms with E-state index in [4.69, 9.17) is 14.2 Å². The van der Waals surface area contributed by atoms with E-state index in [1.54, 1.807) is 0 Å². The number of hydrogen-bond acceptors (Lipinski definition) is 6. The second-order valence-electron chi connectivity index (χ2n) is 22.5. The molecule has 1 atom stereocenters. The molecule has 6 heteroatoms. The number of carbonyl (C=O) groups is 3. The lowest BCUT2D eigenvalue weighted by atomic mass is 10.0. The Morgan fingerprint density at radius 3 is 0.700 bits per heavy atom. The molecule has 0 heterocycles. The number of ether oxygens (including phenoxy) is 3. The second-order valence-corrected chi connectivity index (χ2v) is 22.5. The highest BCUT2D eigenvalue weighted by Crippen LogP contribution is 2.19. The molecule has 0 aromatic heterocycles. The largest absolute Gasteiger partial charge is 0.462 e. The normalized spacial score (nSPS) is 12.0. The first-order chi connectivity index (χ1) is 34.4. The number of unbranched alkanes of at least 4 members (excludes halogenated alkanes) is 46. The fourth-order valence-corrected chi connectivity index (χ4v) is 9.99. The summed E-state index contributed by atoms with van der Waals surface area (Å²) in [5, 5.41) is 0. The van der Waals surface area contributed by atoms with Crippen LogP contribution >= 0.6 is 0 Å². The van der Waals surface area contributed by atoms with Crippen LogP contribution in [-0.2, 0) is 28.6 Å². The SMILES string of the molecule is CCCCCCCCCCCCCCCCCCCCC(=O)O[C@@H](COC(=O)CCCCCCCCCCCCCCCCCCC)COC(=O)CCCCCCCCCCCCCCCCC(C)C. The Bertz CT molecular complexity index is 1060. The minimum atomic E-state index is -0.763. The van der Waals surface area contributed by atoms with E-state index < -0.39 is 6.10 Å². The molecule has 0 N–H and O–H groups in total. The van der Waals surface area contributed by atoms with Crippen molar-refractivity contribution >= 4 is 17.9 Å². The van der Waals surface area contributed by atoms with Gasteiger partial charge in [-0.1, -0.05) is 329 Å². The molecule has 0 rings (SSSR count). The maximum atomic E-state index is 12.9. The van der Waals surface area contributed by atoms with Crippen LogP contribution < -0.4 is 0 Å². The van der Waals surface area contributed by atoms with Gasteiger partial charge in [-0.25, -0.2) is 0 Å². The summed E-state index contributed by atoms with van der Waals surface area (Å²) in [6.45, 7) is 9.09. The highest BCUT2D eigenvalue weighted by molar-refractivity contribution is 5.71. The van der Waals surface area contributed by atoms with E-state index in [0.29, 0.717) is 19.3 Å². The van der Waals surface area contributed by atoms with Crippen LogP contribution in [0.1, 0.15) is 368 Å². The summed E-state index contributed by atoms with van der Waals surface area (Å²) < 4.78 is 17.0. The molecule has 6 nitrogen and oxygen atoms in total. The van der Waals surface area contributed by atoms with Gasteiger partial charge in [0, 0.05) is 19.3 Å². The highest BCUT2D eigenvalue weighted by atomic mass is 16.6. The van der Waals surface area contributed by atoms with Crippen LogP contribution in [0.3, 0.4) is 0 Å². The maximum Gasteiger partial charge on any atom is 0.306 e. The molecule has 0 fully saturated rings. The zero-order valence-corrected chi connectivity index (χ0v) is 48.0. The van der Waals surface area contributed by atoms with Crippen LogP contribution in [0.4, 0.5) is 0 Å². The Balaban J connectivity index is 4.29. The van der Waals surface area contributed by atoms with Crippen molar-refractivity contribution in [1.82, 2.24) is 0 Å². The van der Waals surface area contributed by atoms with Crippen molar-refractivity contribution in [1.29, 1.82) is 0 Å². The van der Waals surface area contributed by atoms with E-state index in [-0.39, 0.29) is 31.1 Å². The Kier molecular flexibility index (Phi) is 57.0. The van der Waals surface area contributed by atoms with Crippen LogP contribution in [-0.4, -0.2) is 37.2 Å². The molecule has 0 aromatic carbocycles. The minimum Gasteiger partial charge on any atom is -0.462 e. The number of carbonyl (C=O) groups excluding carboxylic acids is 3. The summed E-state index contributed by atoms with van der Waals surface area (Å²) in [6, 6.07) is 0. The molecule has 0 aliphatic rings. The zero-order valence-electron chi connectivity index (χ0n) is 48.0. The van der Waals surface area contributed by atoms with Crippen molar-refractivity contribution in [3.05, 3.63) is 0 Å². The van der Waals surface area contributed by atoms with Crippen LogP contribution in [0.2, 0.25) is 0 Å². The zero-order chi connectivity index (χ0) is 50.9. The lowest BCUT2D eigenvalue weighted by Gasteiger charge is -2.18. The molecular weight excluding hydrogens is 865 g/mol. The van der Waals surface area contributed by atoms with Gasteiger partial charge in [0.25, 0.3) is 0 Å². The van der Waals surface area contributed by atoms with Crippen molar-refractivity contribution in [3.8, 4) is 0 Å². The Labute approximate surface area is 438 Å². The Morgan fingerprint density at radius 1 is 0.271 bits per heavy atom. The van der Waals surface area contributed by atoms with E-state index in [9.17, 15) is 14.4 Å². The topological polar surface area (TPSA) is 78.9 Å². The predicted molar refractivity (Wildman–Crippen MR) is 303 cm³/mol. The van der Waals surface area contributed by atoms with Gasteiger partial charge in [-0.3, -0.25) is 14.4 Å². The van der Waals surface area contributed by atoms with Crippen molar-refractivity contribution in [2.45, 2.75) is 374 Å². The lowest BCUT2D eigenvalue weighted by Crippen LogP contribution is -2.30. The maximum absolute atomic E-state index is 12.9. The quantitative estimate of drug-likeness (QED) is 0.0343. The van der Waals surface area contributed by atoms with Crippen molar-refractivity contribution in [3.63, 3.8) is 0 Å². The van der Waals surface area contributed by atoms with Crippen LogP contribution in [0.5, 0.6) is 0 Å². The Morgan fingerprint density at radius 2 is 0.471 bits per heavy atom. The highest BCUT2D eigenvalue weighted by Gasteiger charge is 2.19. The van der Waals surface area contributed by atoms with Gasteiger partial charge in [0.15, 0.2) is 6.10 Å². The molecule has 416 valence electrons. The average molecular weight is 990 g/mol. The lowest BCUT2D eigenvalue weighted by molar-refractivity contribution is -0.167. The summed E-state index contributed by atoms with van der Waals surface area (Å²) >= 11 is 0. The first kappa shape index (κ1) is 68.4. The summed E-state index contributed by atoms with van der Waals surface area (Å²) in [4.78, 5) is 38.3. The molecule has 0 radical (unpaired) electrons. The first-order valence-corrected chi connectivity index (χ1v) is 31.9. The van der Waals surface area contributed by atoms with Crippen LogP contribution in [0.15, 0.2) is 0 Å². The van der Waals surface area contributed by atoms with Gasteiger partial charge < -0.3 is 14.2 Å². The molecule has 70 heavy (non-hydrogen) atoms. The molecule has 0 amide bonds. The molecule has 0 aromatic rings. The van der Waals surface area contributed by atoms with Gasteiger partial charge in [-0.15, -0.1) is 0 Å². The van der Waals surface area contributed by atoms with Gasteiger partial charge in [-0.2, -0.15) is 0 Å². The molecule has 0 aliphatic heterocycles. The third kappa shape index (κ3) is 57.3. The molecule has 0 bridgehead atoms. The molecule has 0 spiro atoms. The van der Waals surface area contributed by atoms with E-state index in [1.807, 2.05) is 0 Å². The van der Waals surface area contributed by atoms with Gasteiger partial charge in [0.2, 0.25) is 0 Å². The second kappa shape index (κ2) is 58.3. The standard InChI is InChI=1S/C64H124O6/c1-5-7-9-11-13-15-17-19-21-23-25-27-33-37-41-45-49-53-57-64(67)70-61(58-68-62(65)55-51-47-43-39-35-31-26-24-22-20-18-16-14-12-10-8-6-2)59-69-63(66)56-52-48-44-40-36-32-29-28-30-34-38-42-46-50-54-60(3)4/h60-61H,5-59H2,1-4H3/t61-/m0/s1. The smallest absolute Gasteiger partial charge is 0.306 e. The van der Waals surface area contributed by atoms with E-state index in [0.717, 1.165) is 63.7 Å². The average Bonchev–Trinajstić information content (AvgIpc) is 3.35. The summed E-state index contributed by atoms with van der Waals surface area (Å²) in [7, 11) is 0. The third-order valence-electron chi connectivity index (χ3n) is 14.8. The number of rotatable bonds is 59. The van der Waals surface area contributed by atoms with Crippen molar-refractivity contribution < 1.29 is 28.6 Å². The minimum absolute atomic E-state index is 0.0611. The summed E-state index contributed by atoms with van der Waals surface area (Å²) in [6.07, 6.45) is 65.3. The molecular formula is C64H124O6. The van der Waals surface area contributed by atoms with Gasteiger partial charge in [-0.05, 0) is 25.2 Å². The Hall–Kier alpha value is -1.59. The van der Waals surface area contributed by atoms with Crippen LogP contribution in [0, 0.1) is 5.92 Å². The fraction of sp³-hybridized carbons (Fsp3) is 0.953. The van der Waals surface area contributed by atoms with Gasteiger partial charge in [0.1, 0.15) is 13.2 Å². The van der Waals surface area contributed by atoms with E-state index >= 15 is 0 Å².